The van der Waals surface area contributed by atoms with Crippen LogP contribution in [0.4, 0.5) is 0 Å². The van der Waals surface area contributed by atoms with E-state index in [0.29, 0.717) is 6.42 Å². The van der Waals surface area contributed by atoms with Crippen LogP contribution < -0.4 is 0 Å². The second-order valence-electron chi connectivity index (χ2n) is 2.51. The fourth-order valence-corrected chi connectivity index (χ4v) is 0.897. The Hall–Kier alpha value is 0.900. The molecule has 0 aromatic heterocycles. The molecule has 72 valence electrons. The summed E-state index contributed by atoms with van der Waals surface area (Å²) in [7, 11) is 0. The second kappa shape index (κ2) is 10.4. The van der Waals surface area contributed by atoms with Gasteiger partial charge < -0.3 is 15.3 Å². The van der Waals surface area contributed by atoms with E-state index in [-0.39, 0.29) is 65.5 Å². The van der Waals surface area contributed by atoms with Crippen molar-refractivity contribution in [3.63, 3.8) is 0 Å². The van der Waals surface area contributed by atoms with E-state index < -0.39 is 24.0 Å². The third kappa shape index (κ3) is 7.23. The molecular weight excluding hydrogens is 210 g/mol. The number of rotatable bonds is 5. The van der Waals surface area contributed by atoms with Crippen LogP contribution in [0.3, 0.4) is 0 Å². The van der Waals surface area contributed by atoms with Crippen LogP contribution in [-0.4, -0.2) is 92.5 Å². The van der Waals surface area contributed by atoms with E-state index in [1.165, 1.54) is 0 Å². The quantitative estimate of drug-likeness (QED) is 0.417. The molecular formula is C7H12Na2O5. The molecule has 0 aliphatic carbocycles. The maximum atomic E-state index is 10.3. The van der Waals surface area contributed by atoms with Gasteiger partial charge in [0.15, 0.2) is 5.92 Å². The first-order valence-electron chi connectivity index (χ1n) is 3.64. The fraction of sp³-hybridized carbons (Fsp3) is 0.714. The molecule has 0 aromatic carbocycles. The number of carboxylic acids is 2. The van der Waals surface area contributed by atoms with Crippen LogP contribution >= 0.6 is 0 Å². The largest absolute Gasteiger partial charge is 0.481 e. The van der Waals surface area contributed by atoms with Crippen molar-refractivity contribution in [2.24, 2.45) is 5.92 Å². The zero-order valence-corrected chi connectivity index (χ0v) is 12.7. The molecule has 0 rings (SSSR count). The van der Waals surface area contributed by atoms with Crippen LogP contribution in [-0.2, 0) is 9.59 Å². The molecule has 2 radical (unpaired) electrons. The van der Waals surface area contributed by atoms with Crippen molar-refractivity contribution in [1.29, 1.82) is 0 Å². The van der Waals surface area contributed by atoms with Gasteiger partial charge in [-0.25, -0.2) is 0 Å². The van der Waals surface area contributed by atoms with Crippen molar-refractivity contribution in [1.82, 2.24) is 0 Å². The Kier molecular flexibility index (Phi) is 15.1. The molecule has 5 nitrogen and oxygen atoms in total. The molecule has 0 saturated heterocycles. The summed E-state index contributed by atoms with van der Waals surface area (Å²) in [5.74, 6) is -4.70. The SMILES string of the molecule is CCCC(O)C(C(=O)O)C(=O)O.[Na].[Na]. The van der Waals surface area contributed by atoms with Gasteiger partial charge in [-0.1, -0.05) is 13.3 Å². The van der Waals surface area contributed by atoms with E-state index in [9.17, 15) is 9.59 Å². The van der Waals surface area contributed by atoms with Gasteiger partial charge in [-0.15, -0.1) is 0 Å². The summed E-state index contributed by atoms with van der Waals surface area (Å²) in [5.41, 5.74) is 0. The van der Waals surface area contributed by atoms with E-state index in [0.717, 1.165) is 0 Å². The van der Waals surface area contributed by atoms with E-state index >= 15 is 0 Å². The molecule has 0 fully saturated rings. The predicted octanol–water partition coefficient (Wildman–Crippen LogP) is -0.829. The fourth-order valence-electron chi connectivity index (χ4n) is 0.897. The Bertz CT molecular complexity index is 171. The zero-order chi connectivity index (χ0) is 9.72. The zero-order valence-electron chi connectivity index (χ0n) is 8.73. The molecule has 0 aliphatic heterocycles. The van der Waals surface area contributed by atoms with Gasteiger partial charge in [-0.3, -0.25) is 9.59 Å². The smallest absolute Gasteiger partial charge is 0.320 e. The molecule has 3 N–H and O–H groups in total. The van der Waals surface area contributed by atoms with Crippen LogP contribution in [0.5, 0.6) is 0 Å². The first-order valence-corrected chi connectivity index (χ1v) is 3.64. The minimum atomic E-state index is -1.70. The van der Waals surface area contributed by atoms with Gasteiger partial charge in [0.1, 0.15) is 0 Å². The van der Waals surface area contributed by atoms with Crippen molar-refractivity contribution in [3.05, 3.63) is 0 Å². The van der Waals surface area contributed by atoms with Crippen LogP contribution in [0.15, 0.2) is 0 Å². The van der Waals surface area contributed by atoms with Crippen LogP contribution in [0.1, 0.15) is 19.8 Å². The van der Waals surface area contributed by atoms with E-state index in [1.807, 2.05) is 0 Å². The average molecular weight is 222 g/mol. The van der Waals surface area contributed by atoms with Gasteiger partial charge in [0, 0.05) is 59.1 Å². The molecule has 14 heavy (non-hydrogen) atoms. The van der Waals surface area contributed by atoms with E-state index in [1.54, 1.807) is 6.92 Å². The maximum absolute atomic E-state index is 10.3. The summed E-state index contributed by atoms with van der Waals surface area (Å²) >= 11 is 0. The van der Waals surface area contributed by atoms with Crippen molar-refractivity contribution in [3.8, 4) is 0 Å². The average Bonchev–Trinajstić information content (AvgIpc) is 1.85. The normalized spacial score (nSPS) is 11.1. The summed E-state index contributed by atoms with van der Waals surface area (Å²) in [6, 6.07) is 0. The number of aliphatic hydroxyl groups is 1. The van der Waals surface area contributed by atoms with Crippen LogP contribution in [0.2, 0.25) is 0 Å². The Morgan fingerprint density at radius 3 is 1.71 bits per heavy atom. The minimum Gasteiger partial charge on any atom is -0.481 e. The van der Waals surface area contributed by atoms with Crippen molar-refractivity contribution >= 4 is 71.1 Å². The number of hydrogen-bond donors (Lipinski definition) is 3. The van der Waals surface area contributed by atoms with Gasteiger partial charge in [-0.05, 0) is 6.42 Å². The molecule has 1 atom stereocenters. The summed E-state index contributed by atoms with van der Waals surface area (Å²) in [6.45, 7) is 1.74. The molecule has 7 heteroatoms. The van der Waals surface area contributed by atoms with Crippen LogP contribution in [0, 0.1) is 5.92 Å². The molecule has 0 bridgehead atoms. The Labute approximate surface area is 126 Å². The summed E-state index contributed by atoms with van der Waals surface area (Å²) in [5, 5.41) is 25.9. The number of aliphatic carboxylic acids is 2. The summed E-state index contributed by atoms with van der Waals surface area (Å²) < 4.78 is 0. The van der Waals surface area contributed by atoms with Gasteiger partial charge >= 0.3 is 11.9 Å². The standard InChI is InChI=1S/C7H12O5.2Na/c1-2-3-4(8)5(6(9)10)7(11)12;;/h4-5,8H,2-3H2,1H3,(H,9,10)(H,11,12);;. The van der Waals surface area contributed by atoms with Crippen molar-refractivity contribution in [2.45, 2.75) is 25.9 Å². The van der Waals surface area contributed by atoms with Gasteiger partial charge in [-0.2, -0.15) is 0 Å². The third-order valence-electron chi connectivity index (χ3n) is 1.50. The van der Waals surface area contributed by atoms with E-state index in [2.05, 4.69) is 0 Å². The molecule has 0 amide bonds. The van der Waals surface area contributed by atoms with Crippen LogP contribution in [0.25, 0.3) is 0 Å². The number of carboxylic acid groups (broad SMARTS) is 2. The Morgan fingerprint density at radius 2 is 1.50 bits per heavy atom. The predicted molar refractivity (Wildman–Crippen MR) is 51.2 cm³/mol. The first kappa shape index (κ1) is 20.3. The van der Waals surface area contributed by atoms with Crippen molar-refractivity contribution in [2.75, 3.05) is 0 Å². The number of hydrogen-bond acceptors (Lipinski definition) is 3. The molecule has 1 unspecified atom stereocenters. The maximum Gasteiger partial charge on any atom is 0.320 e. The van der Waals surface area contributed by atoms with Gasteiger partial charge in [0.05, 0.1) is 6.10 Å². The van der Waals surface area contributed by atoms with Gasteiger partial charge in [0.25, 0.3) is 0 Å². The molecule has 0 saturated carbocycles. The third-order valence-corrected chi connectivity index (χ3v) is 1.50. The van der Waals surface area contributed by atoms with E-state index in [4.69, 9.17) is 15.3 Å². The first-order chi connectivity index (χ1) is 5.50. The monoisotopic (exact) mass is 222 g/mol. The summed E-state index contributed by atoms with van der Waals surface area (Å²) in [6.07, 6.45) is -0.563. The van der Waals surface area contributed by atoms with Crippen molar-refractivity contribution < 1.29 is 24.9 Å². The molecule has 0 aromatic rings. The number of carbonyl (C=O) groups is 2. The minimum absolute atomic E-state index is 0. The molecule has 0 aliphatic rings. The second-order valence-corrected chi connectivity index (χ2v) is 2.51. The summed E-state index contributed by atoms with van der Waals surface area (Å²) in [4.78, 5) is 20.6. The Morgan fingerprint density at radius 1 is 1.14 bits per heavy atom. The van der Waals surface area contributed by atoms with Gasteiger partial charge in [0.2, 0.25) is 0 Å². The molecule has 0 spiro atoms. The topological polar surface area (TPSA) is 94.8 Å². The number of aliphatic hydroxyl groups excluding tert-OH is 1. The molecule has 0 heterocycles. The Balaban J connectivity index is -0.000000605.